The average Bonchev–Trinajstić information content (AvgIpc) is 3.08. The molecule has 0 saturated carbocycles. The number of aromatic nitrogens is 2. The molecule has 3 aromatic rings. The maximum absolute atomic E-state index is 12.3. The summed E-state index contributed by atoms with van der Waals surface area (Å²) in [6, 6.07) is 11.5. The molecule has 0 bridgehead atoms. The number of aromatic amines is 1. The third-order valence-electron chi connectivity index (χ3n) is 3.86. The van der Waals surface area contributed by atoms with Crippen LogP contribution in [0, 0.1) is 3.70 Å². The SMILES string of the molecule is COc1ccc2c(c1)/C(=C/c1ccc3c(I)n[nH]c3c1)C(=O)N2. The molecule has 0 unspecified atom stereocenters. The predicted octanol–water partition coefficient (Wildman–Crippen LogP) is 3.67. The third kappa shape index (κ3) is 2.39. The van der Waals surface area contributed by atoms with Crippen molar-refractivity contribution in [3.8, 4) is 5.75 Å². The van der Waals surface area contributed by atoms with Gasteiger partial charge in [0.1, 0.15) is 9.45 Å². The fourth-order valence-corrected chi connectivity index (χ4v) is 3.29. The first-order valence-electron chi connectivity index (χ1n) is 7.01. The number of hydrogen-bond donors (Lipinski definition) is 2. The molecule has 2 N–H and O–H groups in total. The number of ether oxygens (including phenoxy) is 1. The maximum atomic E-state index is 12.3. The van der Waals surface area contributed by atoms with Gasteiger partial charge in [-0.25, -0.2) is 0 Å². The fraction of sp³-hybridized carbons (Fsp3) is 0.0588. The van der Waals surface area contributed by atoms with Crippen molar-refractivity contribution in [1.29, 1.82) is 0 Å². The van der Waals surface area contributed by atoms with E-state index in [0.717, 1.165) is 37.2 Å². The van der Waals surface area contributed by atoms with Gasteiger partial charge in [0.2, 0.25) is 0 Å². The largest absolute Gasteiger partial charge is 0.497 e. The molecule has 23 heavy (non-hydrogen) atoms. The lowest BCUT2D eigenvalue weighted by Gasteiger charge is -2.03. The van der Waals surface area contributed by atoms with E-state index in [1.165, 1.54) is 0 Å². The zero-order valence-corrected chi connectivity index (χ0v) is 14.3. The number of hydrogen-bond acceptors (Lipinski definition) is 3. The van der Waals surface area contributed by atoms with Gasteiger partial charge in [-0.05, 0) is 64.6 Å². The van der Waals surface area contributed by atoms with Crippen LogP contribution in [-0.2, 0) is 4.79 Å². The number of halogens is 1. The summed E-state index contributed by atoms with van der Waals surface area (Å²) in [5, 5.41) is 11.1. The Balaban J connectivity index is 1.82. The first kappa shape index (κ1) is 14.3. The third-order valence-corrected chi connectivity index (χ3v) is 4.68. The predicted molar refractivity (Wildman–Crippen MR) is 98.3 cm³/mol. The summed E-state index contributed by atoms with van der Waals surface area (Å²) < 4.78 is 6.19. The second kappa shape index (κ2) is 5.38. The van der Waals surface area contributed by atoms with Crippen molar-refractivity contribution in [3.05, 3.63) is 51.2 Å². The summed E-state index contributed by atoms with van der Waals surface area (Å²) in [5.41, 5.74) is 4.19. The lowest BCUT2D eigenvalue weighted by molar-refractivity contribution is -0.110. The Morgan fingerprint density at radius 2 is 2.09 bits per heavy atom. The summed E-state index contributed by atoms with van der Waals surface area (Å²) in [6.07, 6.45) is 1.88. The highest BCUT2D eigenvalue weighted by Crippen LogP contribution is 2.35. The van der Waals surface area contributed by atoms with E-state index in [4.69, 9.17) is 4.74 Å². The normalized spacial score (nSPS) is 15.0. The standard InChI is InChI=1S/C17H12IN3O2/c1-23-10-3-5-14-12(8-10)13(17(22)19-14)6-9-2-4-11-15(7-9)20-21-16(11)18/h2-8H,1H3,(H,19,22)(H,20,21)/b13-6-. The van der Waals surface area contributed by atoms with E-state index >= 15 is 0 Å². The van der Waals surface area contributed by atoms with Gasteiger partial charge in [0.25, 0.3) is 5.91 Å². The van der Waals surface area contributed by atoms with Crippen molar-refractivity contribution in [3.63, 3.8) is 0 Å². The second-order valence-electron chi connectivity index (χ2n) is 5.24. The lowest BCUT2D eigenvalue weighted by Crippen LogP contribution is -2.03. The van der Waals surface area contributed by atoms with Crippen LogP contribution < -0.4 is 10.1 Å². The molecular weight excluding hydrogens is 405 g/mol. The number of anilines is 1. The Bertz CT molecular complexity index is 975. The topological polar surface area (TPSA) is 67.0 Å². The highest BCUT2D eigenvalue weighted by atomic mass is 127. The molecule has 0 spiro atoms. The molecule has 2 aromatic carbocycles. The van der Waals surface area contributed by atoms with Crippen LogP contribution in [0.15, 0.2) is 36.4 Å². The number of carbonyl (C=O) groups is 1. The van der Waals surface area contributed by atoms with Gasteiger partial charge >= 0.3 is 0 Å². The molecule has 0 radical (unpaired) electrons. The van der Waals surface area contributed by atoms with Crippen molar-refractivity contribution >= 4 is 56.7 Å². The van der Waals surface area contributed by atoms with Gasteiger partial charge in [0.15, 0.2) is 0 Å². The molecule has 114 valence electrons. The summed E-state index contributed by atoms with van der Waals surface area (Å²) in [6.45, 7) is 0. The van der Waals surface area contributed by atoms with E-state index in [2.05, 4.69) is 38.1 Å². The number of carbonyl (C=O) groups excluding carboxylic acids is 1. The van der Waals surface area contributed by atoms with Crippen LogP contribution in [0.3, 0.4) is 0 Å². The molecule has 0 atom stereocenters. The molecule has 1 aliphatic heterocycles. The lowest BCUT2D eigenvalue weighted by atomic mass is 10.0. The van der Waals surface area contributed by atoms with Crippen LogP contribution >= 0.6 is 22.6 Å². The van der Waals surface area contributed by atoms with Gasteiger partial charge in [-0.2, -0.15) is 5.10 Å². The number of benzene rings is 2. The van der Waals surface area contributed by atoms with Crippen LogP contribution in [0.2, 0.25) is 0 Å². The summed E-state index contributed by atoms with van der Waals surface area (Å²) in [5.74, 6) is 0.622. The molecule has 0 saturated heterocycles. The van der Waals surface area contributed by atoms with Gasteiger partial charge < -0.3 is 10.1 Å². The minimum atomic E-state index is -0.104. The van der Waals surface area contributed by atoms with E-state index in [-0.39, 0.29) is 5.91 Å². The van der Waals surface area contributed by atoms with Crippen molar-refractivity contribution in [2.75, 3.05) is 12.4 Å². The quantitative estimate of drug-likeness (QED) is 0.494. The zero-order valence-electron chi connectivity index (χ0n) is 12.2. The number of H-pyrrole nitrogens is 1. The average molecular weight is 417 g/mol. The number of nitrogens with zero attached hydrogens (tertiary/aromatic N) is 1. The molecule has 1 aliphatic rings. The van der Waals surface area contributed by atoms with Gasteiger partial charge in [-0.15, -0.1) is 0 Å². The number of amides is 1. The molecule has 5 nitrogen and oxygen atoms in total. The molecule has 4 rings (SSSR count). The second-order valence-corrected chi connectivity index (χ2v) is 6.26. The molecule has 1 aromatic heterocycles. The number of fused-ring (bicyclic) bond motifs is 2. The van der Waals surface area contributed by atoms with Crippen molar-refractivity contribution < 1.29 is 9.53 Å². The summed E-state index contributed by atoms with van der Waals surface area (Å²) >= 11 is 2.19. The monoisotopic (exact) mass is 417 g/mol. The van der Waals surface area contributed by atoms with Crippen LogP contribution in [0.1, 0.15) is 11.1 Å². The van der Waals surface area contributed by atoms with Crippen LogP contribution in [0.5, 0.6) is 5.75 Å². The molecule has 0 fully saturated rings. The maximum Gasteiger partial charge on any atom is 0.256 e. The molecule has 2 heterocycles. The van der Waals surface area contributed by atoms with Gasteiger partial charge in [-0.1, -0.05) is 6.07 Å². The highest BCUT2D eigenvalue weighted by Gasteiger charge is 2.24. The highest BCUT2D eigenvalue weighted by molar-refractivity contribution is 14.1. The Morgan fingerprint density at radius 1 is 1.22 bits per heavy atom. The minimum Gasteiger partial charge on any atom is -0.497 e. The summed E-state index contributed by atoms with van der Waals surface area (Å²) in [7, 11) is 1.61. The van der Waals surface area contributed by atoms with Crippen LogP contribution in [0.4, 0.5) is 5.69 Å². The van der Waals surface area contributed by atoms with Crippen LogP contribution in [0.25, 0.3) is 22.6 Å². The summed E-state index contributed by atoms with van der Waals surface area (Å²) in [4.78, 5) is 12.3. The minimum absolute atomic E-state index is 0.104. The Labute approximate surface area is 145 Å². The van der Waals surface area contributed by atoms with Crippen LogP contribution in [-0.4, -0.2) is 23.2 Å². The van der Waals surface area contributed by atoms with E-state index in [0.29, 0.717) is 5.57 Å². The molecule has 1 amide bonds. The number of rotatable bonds is 2. The van der Waals surface area contributed by atoms with E-state index in [9.17, 15) is 4.79 Å². The fourth-order valence-electron chi connectivity index (χ4n) is 2.70. The first-order chi connectivity index (χ1) is 11.2. The van der Waals surface area contributed by atoms with Crippen molar-refractivity contribution in [1.82, 2.24) is 10.2 Å². The van der Waals surface area contributed by atoms with Gasteiger partial charge in [0.05, 0.1) is 12.6 Å². The van der Waals surface area contributed by atoms with Crippen molar-refractivity contribution in [2.24, 2.45) is 0 Å². The zero-order chi connectivity index (χ0) is 16.0. The number of nitrogens with one attached hydrogen (secondary N) is 2. The Hall–Kier alpha value is -2.35. The molecule has 0 aliphatic carbocycles. The van der Waals surface area contributed by atoms with E-state index < -0.39 is 0 Å². The first-order valence-corrected chi connectivity index (χ1v) is 8.08. The Kier molecular flexibility index (Phi) is 3.33. The molecule has 6 heteroatoms. The molecular formula is C17H12IN3O2. The van der Waals surface area contributed by atoms with E-state index in [1.807, 2.05) is 42.5 Å². The van der Waals surface area contributed by atoms with Gasteiger partial charge in [-0.3, -0.25) is 9.89 Å². The van der Waals surface area contributed by atoms with Crippen molar-refractivity contribution in [2.45, 2.75) is 0 Å². The Morgan fingerprint density at radius 3 is 2.91 bits per heavy atom. The van der Waals surface area contributed by atoms with E-state index in [1.54, 1.807) is 7.11 Å². The smallest absolute Gasteiger partial charge is 0.256 e. The van der Waals surface area contributed by atoms with Gasteiger partial charge in [0, 0.05) is 22.2 Å². The number of methoxy groups -OCH3 is 1.